The average molecular weight is 159 g/mol. The molecule has 0 spiro atoms. The van der Waals surface area contributed by atoms with Crippen LogP contribution in [0.5, 0.6) is 0 Å². The molecule has 3 heteroatoms. The van der Waals surface area contributed by atoms with Gasteiger partial charge < -0.3 is 4.52 Å². The van der Waals surface area contributed by atoms with Crippen LogP contribution in [-0.2, 0) is 0 Å². The second kappa shape index (κ2) is 4.39. The summed E-state index contributed by atoms with van der Waals surface area (Å²) in [4.78, 5) is 0. The summed E-state index contributed by atoms with van der Waals surface area (Å²) in [6.07, 6.45) is 1.69. The molecule has 0 aliphatic heterocycles. The molecule has 1 rings (SSSR count). The molecular weight excluding hydrogens is 146 g/mol. The maximum absolute atomic E-state index is 4.84. The quantitative estimate of drug-likeness (QED) is 0.587. The lowest BCUT2D eigenvalue weighted by molar-refractivity contribution is 0.392. The van der Waals surface area contributed by atoms with E-state index in [1.807, 2.05) is 20.8 Å². The largest absolute Gasteiger partial charge is 0.361 e. The van der Waals surface area contributed by atoms with Crippen molar-refractivity contribution in [1.82, 2.24) is 5.16 Å². The third-order valence-electron chi connectivity index (χ3n) is 1.39. The molecule has 0 aliphatic rings. The van der Waals surface area contributed by atoms with Gasteiger partial charge in [0.05, 0.1) is 5.69 Å². The minimum atomic E-state index is 0.919. The Morgan fingerprint density at radius 1 is 1.20 bits per heavy atom. The van der Waals surface area contributed by atoms with Crippen molar-refractivity contribution in [3.63, 3.8) is 0 Å². The molecule has 58 valence electrons. The summed E-state index contributed by atoms with van der Waals surface area (Å²) >= 11 is 3.53. The molecule has 0 saturated carbocycles. The first-order chi connectivity index (χ1) is 4.72. The number of rotatable bonds is 0. The van der Waals surface area contributed by atoms with E-state index in [-0.39, 0.29) is 0 Å². The van der Waals surface area contributed by atoms with Gasteiger partial charge >= 0.3 is 0 Å². The molecular formula is C7H13NOS. The van der Waals surface area contributed by atoms with Gasteiger partial charge in [-0.05, 0) is 27.0 Å². The average Bonchev–Trinajstić information content (AvgIpc) is 2.25. The second-order valence-corrected chi connectivity index (χ2v) is 1.95. The summed E-state index contributed by atoms with van der Waals surface area (Å²) in [5.41, 5.74) is 2.15. The minimum Gasteiger partial charge on any atom is -0.361 e. The van der Waals surface area contributed by atoms with E-state index in [1.54, 1.807) is 6.26 Å². The van der Waals surface area contributed by atoms with Gasteiger partial charge in [-0.3, -0.25) is 0 Å². The summed E-state index contributed by atoms with van der Waals surface area (Å²) in [6.45, 7) is 5.85. The molecule has 0 saturated heterocycles. The molecule has 0 unspecified atom stereocenters. The van der Waals surface area contributed by atoms with Crippen molar-refractivity contribution in [2.45, 2.75) is 20.8 Å². The number of thiol groups is 1. The number of hydrogen-bond donors (Lipinski definition) is 1. The molecule has 2 nitrogen and oxygen atoms in total. The lowest BCUT2D eigenvalue weighted by atomic mass is 10.2. The number of hydrogen-bond acceptors (Lipinski definition) is 3. The fourth-order valence-corrected chi connectivity index (χ4v) is 0.529. The van der Waals surface area contributed by atoms with E-state index >= 15 is 0 Å². The Balaban J connectivity index is 0.000000371. The molecule has 0 N–H and O–H groups in total. The fourth-order valence-electron chi connectivity index (χ4n) is 0.529. The summed E-state index contributed by atoms with van der Waals surface area (Å²) < 4.78 is 4.84. The Bertz CT molecular complexity index is 176. The molecule has 1 aromatic heterocycles. The fraction of sp³-hybridized carbons (Fsp3) is 0.571. The standard InChI is InChI=1S/C6H9NO.CH4S/c1-4-5(2)7-8-6(4)3;1-2/h1-3H3;2H,1H3. The zero-order chi connectivity index (χ0) is 8.15. The SMILES string of the molecule is CS.Cc1noc(C)c1C. The molecule has 10 heavy (non-hydrogen) atoms. The van der Waals surface area contributed by atoms with Crippen LogP contribution in [0.4, 0.5) is 0 Å². The van der Waals surface area contributed by atoms with Crippen LogP contribution in [0.3, 0.4) is 0 Å². The van der Waals surface area contributed by atoms with Gasteiger partial charge in [0.25, 0.3) is 0 Å². The van der Waals surface area contributed by atoms with E-state index in [2.05, 4.69) is 17.8 Å². The van der Waals surface area contributed by atoms with Crippen LogP contribution in [0.2, 0.25) is 0 Å². The monoisotopic (exact) mass is 159 g/mol. The van der Waals surface area contributed by atoms with E-state index in [4.69, 9.17) is 4.52 Å². The number of aryl methyl sites for hydroxylation is 2. The molecule has 1 heterocycles. The van der Waals surface area contributed by atoms with E-state index in [0.29, 0.717) is 0 Å². The smallest absolute Gasteiger partial charge is 0.136 e. The number of nitrogens with zero attached hydrogens (tertiary/aromatic N) is 1. The van der Waals surface area contributed by atoms with E-state index in [0.717, 1.165) is 17.0 Å². The Kier molecular flexibility index (Phi) is 4.19. The van der Waals surface area contributed by atoms with Crippen molar-refractivity contribution in [1.29, 1.82) is 0 Å². The molecule has 0 bridgehead atoms. The third kappa shape index (κ3) is 2.06. The van der Waals surface area contributed by atoms with E-state index in [1.165, 1.54) is 0 Å². The minimum absolute atomic E-state index is 0.919. The van der Waals surface area contributed by atoms with Gasteiger partial charge in [0.2, 0.25) is 0 Å². The first-order valence-corrected chi connectivity index (χ1v) is 3.95. The summed E-state index contributed by atoms with van der Waals surface area (Å²) in [5, 5.41) is 3.74. The van der Waals surface area contributed by atoms with E-state index in [9.17, 15) is 0 Å². The molecule has 1 aromatic rings. The number of aromatic nitrogens is 1. The van der Waals surface area contributed by atoms with Crippen LogP contribution in [0.25, 0.3) is 0 Å². The first-order valence-electron chi connectivity index (χ1n) is 3.06. The Hall–Kier alpha value is -0.440. The highest BCUT2D eigenvalue weighted by molar-refractivity contribution is 7.79. The first kappa shape index (κ1) is 9.56. The van der Waals surface area contributed by atoms with Crippen LogP contribution >= 0.6 is 12.6 Å². The van der Waals surface area contributed by atoms with Gasteiger partial charge in [-0.2, -0.15) is 12.6 Å². The highest BCUT2D eigenvalue weighted by Crippen LogP contribution is 2.08. The maximum Gasteiger partial charge on any atom is 0.136 e. The topological polar surface area (TPSA) is 26.0 Å². The van der Waals surface area contributed by atoms with Crippen molar-refractivity contribution < 1.29 is 4.52 Å². The summed E-state index contributed by atoms with van der Waals surface area (Å²) in [6, 6.07) is 0. The summed E-state index contributed by atoms with van der Waals surface area (Å²) in [7, 11) is 0. The van der Waals surface area contributed by atoms with Gasteiger partial charge in [-0.25, -0.2) is 0 Å². The van der Waals surface area contributed by atoms with E-state index < -0.39 is 0 Å². The van der Waals surface area contributed by atoms with Gasteiger partial charge in [0.15, 0.2) is 0 Å². The van der Waals surface area contributed by atoms with Gasteiger partial charge in [-0.1, -0.05) is 5.16 Å². The van der Waals surface area contributed by atoms with Gasteiger partial charge in [-0.15, -0.1) is 0 Å². The molecule has 0 fully saturated rings. The predicted octanol–water partition coefficient (Wildman–Crippen LogP) is 2.15. The molecule has 0 aliphatic carbocycles. The van der Waals surface area contributed by atoms with Gasteiger partial charge in [0, 0.05) is 5.56 Å². The molecule has 0 radical (unpaired) electrons. The van der Waals surface area contributed by atoms with Crippen molar-refractivity contribution >= 4 is 12.6 Å². The molecule has 0 aromatic carbocycles. The zero-order valence-electron chi connectivity index (χ0n) is 6.80. The van der Waals surface area contributed by atoms with Crippen molar-refractivity contribution in [2.24, 2.45) is 0 Å². The molecule has 0 amide bonds. The van der Waals surface area contributed by atoms with Crippen LogP contribution in [0, 0.1) is 20.8 Å². The maximum atomic E-state index is 4.84. The van der Waals surface area contributed by atoms with Crippen molar-refractivity contribution in [3.8, 4) is 0 Å². The lowest BCUT2D eigenvalue weighted by Crippen LogP contribution is -1.73. The Morgan fingerprint density at radius 3 is 1.80 bits per heavy atom. The third-order valence-corrected chi connectivity index (χ3v) is 1.39. The predicted molar refractivity (Wildman–Crippen MR) is 45.6 cm³/mol. The summed E-state index contributed by atoms with van der Waals surface area (Å²) in [5.74, 6) is 0.919. The van der Waals surface area contributed by atoms with Crippen LogP contribution < -0.4 is 0 Å². The van der Waals surface area contributed by atoms with Crippen molar-refractivity contribution in [2.75, 3.05) is 6.26 Å². The molecule has 0 atom stereocenters. The second-order valence-electron chi connectivity index (χ2n) is 1.95. The zero-order valence-corrected chi connectivity index (χ0v) is 7.70. The van der Waals surface area contributed by atoms with Crippen molar-refractivity contribution in [3.05, 3.63) is 17.0 Å². The van der Waals surface area contributed by atoms with Gasteiger partial charge in [0.1, 0.15) is 5.76 Å². The Morgan fingerprint density at radius 2 is 1.70 bits per heavy atom. The van der Waals surface area contributed by atoms with Crippen LogP contribution in [0.15, 0.2) is 4.52 Å². The Labute approximate surface area is 67.0 Å². The highest BCUT2D eigenvalue weighted by atomic mass is 32.1. The van der Waals surface area contributed by atoms with Crippen LogP contribution in [0.1, 0.15) is 17.0 Å². The van der Waals surface area contributed by atoms with Crippen LogP contribution in [-0.4, -0.2) is 11.4 Å². The normalized spacial score (nSPS) is 8.50. The lowest BCUT2D eigenvalue weighted by Gasteiger charge is -1.80. The highest BCUT2D eigenvalue weighted by Gasteiger charge is 1.99.